The van der Waals surface area contributed by atoms with Crippen LogP contribution in [0.15, 0.2) is 65.8 Å². The Balaban J connectivity index is 1.44. The summed E-state index contributed by atoms with van der Waals surface area (Å²) in [5.41, 5.74) is 2.71. The van der Waals surface area contributed by atoms with Crippen LogP contribution in [0.25, 0.3) is 11.4 Å². The third-order valence-corrected chi connectivity index (χ3v) is 4.91. The van der Waals surface area contributed by atoms with Gasteiger partial charge in [0.05, 0.1) is 18.7 Å². The van der Waals surface area contributed by atoms with Gasteiger partial charge in [-0.25, -0.2) is 0 Å². The zero-order valence-corrected chi connectivity index (χ0v) is 16.4. The van der Waals surface area contributed by atoms with Gasteiger partial charge in [-0.15, -0.1) is 11.8 Å². The van der Waals surface area contributed by atoms with E-state index in [4.69, 9.17) is 0 Å². The fourth-order valence-corrected chi connectivity index (χ4v) is 3.49. The van der Waals surface area contributed by atoms with Gasteiger partial charge in [0.2, 0.25) is 5.91 Å². The summed E-state index contributed by atoms with van der Waals surface area (Å²) in [7, 11) is 0. The molecule has 0 aliphatic heterocycles. The molecule has 0 aliphatic rings. The van der Waals surface area contributed by atoms with E-state index in [1.165, 1.54) is 4.90 Å². The summed E-state index contributed by atoms with van der Waals surface area (Å²) in [5.74, 6) is 0.0244. The van der Waals surface area contributed by atoms with Gasteiger partial charge in [0, 0.05) is 29.1 Å². The molecular formula is C21H24N4OS. The largest absolute Gasteiger partial charge is 0.354 e. The second kappa shape index (κ2) is 9.37. The Morgan fingerprint density at radius 2 is 1.93 bits per heavy atom. The molecule has 1 amide bonds. The van der Waals surface area contributed by atoms with E-state index in [1.807, 2.05) is 59.0 Å². The van der Waals surface area contributed by atoms with Crippen LogP contribution in [0.4, 0.5) is 0 Å². The quantitative estimate of drug-likeness (QED) is 0.604. The maximum atomic E-state index is 12.1. The third kappa shape index (κ3) is 5.96. The van der Waals surface area contributed by atoms with Crippen LogP contribution in [-0.2, 0) is 17.8 Å². The SMILES string of the molecule is CC(C)Sc1ccc(CC(=O)NCCn2ccc(-c3ccccn3)n2)cc1. The van der Waals surface area contributed by atoms with E-state index in [0.29, 0.717) is 24.8 Å². The van der Waals surface area contributed by atoms with Crippen LogP contribution in [0.5, 0.6) is 0 Å². The number of pyridine rings is 1. The highest BCUT2D eigenvalue weighted by Crippen LogP contribution is 2.22. The van der Waals surface area contributed by atoms with E-state index in [1.54, 1.807) is 6.20 Å². The van der Waals surface area contributed by atoms with Crippen LogP contribution >= 0.6 is 11.8 Å². The molecule has 0 fully saturated rings. The fourth-order valence-electron chi connectivity index (χ4n) is 2.65. The second-order valence-corrected chi connectivity index (χ2v) is 8.17. The first kappa shape index (κ1) is 19.2. The Kier molecular flexibility index (Phi) is 6.65. The lowest BCUT2D eigenvalue weighted by atomic mass is 10.1. The van der Waals surface area contributed by atoms with Crippen LogP contribution in [-0.4, -0.2) is 32.5 Å². The first-order valence-corrected chi connectivity index (χ1v) is 9.95. The van der Waals surface area contributed by atoms with Gasteiger partial charge in [-0.05, 0) is 35.9 Å². The number of thioether (sulfide) groups is 1. The minimum atomic E-state index is 0.0244. The number of carbonyl (C=O) groups is 1. The molecule has 1 aromatic carbocycles. The first-order valence-electron chi connectivity index (χ1n) is 9.07. The number of nitrogens with zero attached hydrogens (tertiary/aromatic N) is 3. The van der Waals surface area contributed by atoms with Gasteiger partial charge in [-0.3, -0.25) is 14.5 Å². The zero-order chi connectivity index (χ0) is 19.1. The first-order chi connectivity index (χ1) is 13.1. The maximum absolute atomic E-state index is 12.1. The number of benzene rings is 1. The normalized spacial score (nSPS) is 10.9. The molecule has 2 aromatic heterocycles. The zero-order valence-electron chi connectivity index (χ0n) is 15.6. The number of carbonyl (C=O) groups excluding carboxylic acids is 1. The van der Waals surface area contributed by atoms with Gasteiger partial charge in [0.25, 0.3) is 0 Å². The van der Waals surface area contributed by atoms with Gasteiger partial charge < -0.3 is 5.32 Å². The van der Waals surface area contributed by atoms with Crippen LogP contribution in [0.3, 0.4) is 0 Å². The van der Waals surface area contributed by atoms with Crippen LogP contribution < -0.4 is 5.32 Å². The Hall–Kier alpha value is -2.60. The molecule has 6 heteroatoms. The molecule has 0 aliphatic carbocycles. The van der Waals surface area contributed by atoms with Crippen molar-refractivity contribution in [1.82, 2.24) is 20.1 Å². The molecule has 0 bridgehead atoms. The van der Waals surface area contributed by atoms with E-state index in [0.717, 1.165) is 17.0 Å². The summed E-state index contributed by atoms with van der Waals surface area (Å²) in [5, 5.41) is 8.01. The monoisotopic (exact) mass is 380 g/mol. The van der Waals surface area contributed by atoms with E-state index in [9.17, 15) is 4.79 Å². The summed E-state index contributed by atoms with van der Waals surface area (Å²) < 4.78 is 1.82. The number of amides is 1. The lowest BCUT2D eigenvalue weighted by Crippen LogP contribution is -2.28. The van der Waals surface area contributed by atoms with Crippen LogP contribution in [0.1, 0.15) is 19.4 Å². The smallest absolute Gasteiger partial charge is 0.224 e. The van der Waals surface area contributed by atoms with E-state index < -0.39 is 0 Å². The van der Waals surface area contributed by atoms with E-state index in [2.05, 4.69) is 41.4 Å². The predicted molar refractivity (Wildman–Crippen MR) is 110 cm³/mol. The van der Waals surface area contributed by atoms with Crippen molar-refractivity contribution in [2.24, 2.45) is 0 Å². The second-order valence-electron chi connectivity index (χ2n) is 6.52. The number of aromatic nitrogens is 3. The summed E-state index contributed by atoms with van der Waals surface area (Å²) in [6.07, 6.45) is 4.05. The molecule has 0 saturated carbocycles. The van der Waals surface area contributed by atoms with Crippen molar-refractivity contribution in [3.05, 3.63) is 66.5 Å². The van der Waals surface area contributed by atoms with Crippen molar-refractivity contribution in [2.45, 2.75) is 37.0 Å². The predicted octanol–water partition coefficient (Wildman–Crippen LogP) is 3.80. The van der Waals surface area contributed by atoms with Crippen molar-refractivity contribution >= 4 is 17.7 Å². The summed E-state index contributed by atoms with van der Waals surface area (Å²) >= 11 is 1.82. The average molecular weight is 381 g/mol. The minimum Gasteiger partial charge on any atom is -0.354 e. The summed E-state index contributed by atoms with van der Waals surface area (Å²) in [6.45, 7) is 5.52. The molecule has 0 unspecified atom stereocenters. The Morgan fingerprint density at radius 3 is 2.63 bits per heavy atom. The molecule has 0 saturated heterocycles. The lowest BCUT2D eigenvalue weighted by molar-refractivity contribution is -0.120. The summed E-state index contributed by atoms with van der Waals surface area (Å²) in [6, 6.07) is 15.9. The number of hydrogen-bond donors (Lipinski definition) is 1. The molecule has 3 aromatic rings. The van der Waals surface area contributed by atoms with Gasteiger partial charge >= 0.3 is 0 Å². The number of rotatable bonds is 8. The molecule has 5 nitrogen and oxygen atoms in total. The lowest BCUT2D eigenvalue weighted by Gasteiger charge is -2.07. The molecular weight excluding hydrogens is 356 g/mol. The van der Waals surface area contributed by atoms with Crippen molar-refractivity contribution in [2.75, 3.05) is 6.54 Å². The molecule has 0 spiro atoms. The summed E-state index contributed by atoms with van der Waals surface area (Å²) in [4.78, 5) is 17.7. The highest BCUT2D eigenvalue weighted by molar-refractivity contribution is 7.99. The Labute approximate surface area is 164 Å². The fraction of sp³-hybridized carbons (Fsp3) is 0.286. The van der Waals surface area contributed by atoms with Crippen LogP contribution in [0.2, 0.25) is 0 Å². The number of nitrogens with one attached hydrogen (secondary N) is 1. The third-order valence-electron chi connectivity index (χ3n) is 3.89. The molecule has 3 rings (SSSR count). The Morgan fingerprint density at radius 1 is 1.11 bits per heavy atom. The number of hydrogen-bond acceptors (Lipinski definition) is 4. The average Bonchev–Trinajstić information content (AvgIpc) is 3.13. The molecule has 0 atom stereocenters. The molecule has 1 N–H and O–H groups in total. The van der Waals surface area contributed by atoms with Crippen LogP contribution in [0, 0.1) is 0 Å². The molecule has 140 valence electrons. The Bertz CT molecular complexity index is 859. The molecule has 27 heavy (non-hydrogen) atoms. The highest BCUT2D eigenvalue weighted by atomic mass is 32.2. The van der Waals surface area contributed by atoms with Gasteiger partial charge in [-0.1, -0.05) is 32.0 Å². The molecule has 0 radical (unpaired) electrons. The van der Waals surface area contributed by atoms with Gasteiger partial charge in [0.1, 0.15) is 5.69 Å². The van der Waals surface area contributed by atoms with Gasteiger partial charge in [-0.2, -0.15) is 5.10 Å². The molecule has 2 heterocycles. The van der Waals surface area contributed by atoms with E-state index >= 15 is 0 Å². The highest BCUT2D eigenvalue weighted by Gasteiger charge is 2.06. The van der Waals surface area contributed by atoms with Gasteiger partial charge in [0.15, 0.2) is 0 Å². The van der Waals surface area contributed by atoms with E-state index in [-0.39, 0.29) is 5.91 Å². The minimum absolute atomic E-state index is 0.0244. The standard InChI is InChI=1S/C21H24N4OS/c1-16(2)27-18-8-6-17(7-9-18)15-21(26)23-12-14-25-13-10-20(24-25)19-5-3-4-11-22-19/h3-11,13,16H,12,14-15H2,1-2H3,(H,23,26). The van der Waals surface area contributed by atoms with Crippen molar-refractivity contribution < 1.29 is 4.79 Å². The van der Waals surface area contributed by atoms with Crippen molar-refractivity contribution in [1.29, 1.82) is 0 Å². The van der Waals surface area contributed by atoms with Crippen molar-refractivity contribution in [3.8, 4) is 11.4 Å². The van der Waals surface area contributed by atoms with Crippen molar-refractivity contribution in [3.63, 3.8) is 0 Å². The maximum Gasteiger partial charge on any atom is 0.224 e. The topological polar surface area (TPSA) is 59.8 Å².